The molecule has 2 unspecified atom stereocenters. The van der Waals surface area contributed by atoms with Crippen molar-refractivity contribution in [2.24, 2.45) is 11.8 Å². The maximum absolute atomic E-state index is 13.8. The normalized spacial score (nSPS) is 23.7. The van der Waals surface area contributed by atoms with Crippen LogP contribution < -0.4 is 5.32 Å². The average Bonchev–Trinajstić information content (AvgIpc) is 2.36. The van der Waals surface area contributed by atoms with Crippen LogP contribution in [0, 0.1) is 23.5 Å². The molecule has 0 radical (unpaired) electrons. The second-order valence-corrected chi connectivity index (χ2v) is 6.61. The molecule has 0 aliphatic heterocycles. The number of rotatable bonds is 3. The summed E-state index contributed by atoms with van der Waals surface area (Å²) in [7, 11) is 0. The lowest BCUT2D eigenvalue weighted by Gasteiger charge is -2.32. The number of hydrogen-bond acceptors (Lipinski definition) is 1. The highest BCUT2D eigenvalue weighted by Gasteiger charge is 2.24. The van der Waals surface area contributed by atoms with E-state index >= 15 is 0 Å². The minimum Gasteiger partial charge on any atom is -0.380 e. The van der Waals surface area contributed by atoms with Gasteiger partial charge in [0.05, 0.1) is 10.2 Å². The Morgan fingerprint density at radius 3 is 2.63 bits per heavy atom. The Morgan fingerprint density at radius 1 is 1.21 bits per heavy atom. The fourth-order valence-electron chi connectivity index (χ4n) is 2.82. The van der Waals surface area contributed by atoms with E-state index < -0.39 is 11.6 Å². The minimum absolute atomic E-state index is 0.166. The van der Waals surface area contributed by atoms with E-state index in [-0.39, 0.29) is 16.2 Å². The topological polar surface area (TPSA) is 12.0 Å². The number of anilines is 1. The van der Waals surface area contributed by atoms with Crippen LogP contribution >= 0.6 is 15.9 Å². The molecule has 1 nitrogen and oxygen atoms in total. The van der Waals surface area contributed by atoms with E-state index in [2.05, 4.69) is 35.1 Å². The Labute approximate surface area is 121 Å². The summed E-state index contributed by atoms with van der Waals surface area (Å²) in [5.74, 6) is 0.491. The first-order valence-corrected chi connectivity index (χ1v) is 7.67. The molecule has 1 saturated carbocycles. The molecule has 1 aromatic carbocycles. The Kier molecular flexibility index (Phi) is 4.82. The fraction of sp³-hybridized carbons (Fsp3) is 0.600. The summed E-state index contributed by atoms with van der Waals surface area (Å²) in [5, 5.41) is 3.17. The second-order valence-electron chi connectivity index (χ2n) is 5.76. The van der Waals surface area contributed by atoms with Crippen molar-refractivity contribution in [3.63, 3.8) is 0 Å². The van der Waals surface area contributed by atoms with Crippen LogP contribution in [0.15, 0.2) is 16.6 Å². The molecule has 0 bridgehead atoms. The number of benzene rings is 1. The van der Waals surface area contributed by atoms with Crippen LogP contribution in [0.1, 0.15) is 39.5 Å². The van der Waals surface area contributed by atoms with Gasteiger partial charge in [0.15, 0.2) is 0 Å². The molecular weight excluding hydrogens is 312 g/mol. The van der Waals surface area contributed by atoms with Crippen molar-refractivity contribution in [1.82, 2.24) is 0 Å². The van der Waals surface area contributed by atoms with Crippen molar-refractivity contribution in [3.05, 3.63) is 28.2 Å². The molecule has 0 heterocycles. The van der Waals surface area contributed by atoms with Gasteiger partial charge in [0.25, 0.3) is 0 Å². The van der Waals surface area contributed by atoms with E-state index in [4.69, 9.17) is 0 Å². The van der Waals surface area contributed by atoms with Crippen LogP contribution in [0.2, 0.25) is 0 Å². The van der Waals surface area contributed by atoms with Gasteiger partial charge in [-0.2, -0.15) is 0 Å². The minimum atomic E-state index is -0.430. The van der Waals surface area contributed by atoms with Gasteiger partial charge in [0.1, 0.15) is 11.6 Å². The summed E-state index contributed by atoms with van der Waals surface area (Å²) < 4.78 is 27.4. The third-order valence-electron chi connectivity index (χ3n) is 4.03. The van der Waals surface area contributed by atoms with Gasteiger partial charge in [-0.15, -0.1) is 0 Å². The van der Waals surface area contributed by atoms with Crippen molar-refractivity contribution < 1.29 is 8.78 Å². The molecule has 1 aliphatic rings. The molecule has 1 aliphatic carbocycles. The van der Waals surface area contributed by atoms with Crippen LogP contribution in [0.5, 0.6) is 0 Å². The third kappa shape index (κ3) is 3.68. The molecule has 0 aromatic heterocycles. The highest BCUT2D eigenvalue weighted by Crippen LogP contribution is 2.32. The van der Waals surface area contributed by atoms with Gasteiger partial charge in [0.2, 0.25) is 0 Å². The number of halogens is 3. The highest BCUT2D eigenvalue weighted by atomic mass is 79.9. The smallest absolute Gasteiger partial charge is 0.147 e. The Bertz CT molecular complexity index is 448. The summed E-state index contributed by atoms with van der Waals surface area (Å²) in [4.78, 5) is 0. The Balaban J connectivity index is 2.06. The zero-order valence-corrected chi connectivity index (χ0v) is 12.9. The lowest BCUT2D eigenvalue weighted by Crippen LogP contribution is -2.29. The lowest BCUT2D eigenvalue weighted by molar-refractivity contribution is 0.264. The molecule has 1 aromatic rings. The van der Waals surface area contributed by atoms with Gasteiger partial charge in [-0.05, 0) is 46.7 Å². The number of hydrogen-bond donors (Lipinski definition) is 1. The fourth-order valence-corrected chi connectivity index (χ4v) is 3.13. The van der Waals surface area contributed by atoms with Crippen LogP contribution in [-0.2, 0) is 0 Å². The summed E-state index contributed by atoms with van der Waals surface area (Å²) in [6.45, 7) is 4.46. The quantitative estimate of drug-likeness (QED) is 0.735. The molecule has 0 saturated heterocycles. The summed E-state index contributed by atoms with van der Waals surface area (Å²) in [5.41, 5.74) is 0.273. The maximum Gasteiger partial charge on any atom is 0.147 e. The van der Waals surface area contributed by atoms with Crippen LogP contribution in [0.25, 0.3) is 0 Å². The summed E-state index contributed by atoms with van der Waals surface area (Å²) in [6, 6.07) is 2.66. The van der Waals surface area contributed by atoms with Gasteiger partial charge >= 0.3 is 0 Å². The first kappa shape index (κ1) is 14.8. The van der Waals surface area contributed by atoms with Crippen LogP contribution in [0.4, 0.5) is 14.5 Å². The molecule has 0 amide bonds. The molecule has 4 heteroatoms. The zero-order chi connectivity index (χ0) is 14.0. The van der Waals surface area contributed by atoms with Crippen molar-refractivity contribution in [3.8, 4) is 0 Å². The monoisotopic (exact) mass is 331 g/mol. The van der Waals surface area contributed by atoms with Crippen molar-refractivity contribution in [1.29, 1.82) is 0 Å². The van der Waals surface area contributed by atoms with E-state index in [1.807, 2.05) is 0 Å². The van der Waals surface area contributed by atoms with E-state index in [9.17, 15) is 8.78 Å². The standard InChI is InChI=1S/C15H20BrF2N/c1-9(2)10-4-3-5-11(6-10)19-15-8-13(17)12(16)7-14(15)18/h7-11,19H,3-6H2,1-2H3. The van der Waals surface area contributed by atoms with E-state index in [0.717, 1.165) is 19.3 Å². The van der Waals surface area contributed by atoms with Gasteiger partial charge in [-0.1, -0.05) is 26.7 Å². The largest absolute Gasteiger partial charge is 0.380 e. The average molecular weight is 332 g/mol. The van der Waals surface area contributed by atoms with Gasteiger partial charge in [0, 0.05) is 12.1 Å². The summed E-state index contributed by atoms with van der Waals surface area (Å²) in [6.07, 6.45) is 4.46. The van der Waals surface area contributed by atoms with E-state index in [1.54, 1.807) is 0 Å². The third-order valence-corrected chi connectivity index (χ3v) is 4.63. The first-order valence-electron chi connectivity index (χ1n) is 6.88. The predicted molar refractivity (Wildman–Crippen MR) is 78.3 cm³/mol. The van der Waals surface area contributed by atoms with Crippen molar-refractivity contribution in [2.75, 3.05) is 5.32 Å². The Hall–Kier alpha value is -0.640. The maximum atomic E-state index is 13.8. The molecule has 1 N–H and O–H groups in total. The van der Waals surface area contributed by atoms with Gasteiger partial charge < -0.3 is 5.32 Å². The van der Waals surface area contributed by atoms with Crippen LogP contribution in [-0.4, -0.2) is 6.04 Å². The number of nitrogens with one attached hydrogen (secondary N) is 1. The molecular formula is C15H20BrF2N. The molecule has 19 heavy (non-hydrogen) atoms. The highest BCUT2D eigenvalue weighted by molar-refractivity contribution is 9.10. The molecule has 2 atom stereocenters. The molecule has 1 fully saturated rings. The van der Waals surface area contributed by atoms with E-state index in [0.29, 0.717) is 11.8 Å². The van der Waals surface area contributed by atoms with Gasteiger partial charge in [-0.3, -0.25) is 0 Å². The predicted octanol–water partition coefficient (Wildman–Crippen LogP) is 5.35. The summed E-state index contributed by atoms with van der Waals surface area (Å²) >= 11 is 2.99. The lowest BCUT2D eigenvalue weighted by atomic mass is 9.79. The SMILES string of the molecule is CC(C)C1CCCC(Nc2cc(F)c(Br)cc2F)C1. The van der Waals surface area contributed by atoms with Crippen LogP contribution in [0.3, 0.4) is 0 Å². The second kappa shape index (κ2) is 6.21. The van der Waals surface area contributed by atoms with E-state index in [1.165, 1.54) is 18.6 Å². The molecule has 2 rings (SSSR count). The molecule has 106 valence electrons. The van der Waals surface area contributed by atoms with Crippen molar-refractivity contribution in [2.45, 2.75) is 45.6 Å². The van der Waals surface area contributed by atoms with Gasteiger partial charge in [-0.25, -0.2) is 8.78 Å². The Morgan fingerprint density at radius 2 is 1.95 bits per heavy atom. The van der Waals surface area contributed by atoms with Crippen molar-refractivity contribution >= 4 is 21.6 Å². The molecule has 0 spiro atoms. The first-order chi connectivity index (χ1) is 8.97. The zero-order valence-electron chi connectivity index (χ0n) is 11.3.